The quantitative estimate of drug-likeness (QED) is 0.875. The molecule has 0 saturated carbocycles. The molecule has 0 fully saturated rings. The van der Waals surface area contributed by atoms with Gasteiger partial charge in [-0.25, -0.2) is 9.48 Å². The lowest BCUT2D eigenvalue weighted by Crippen LogP contribution is -2.42. The van der Waals surface area contributed by atoms with Gasteiger partial charge in [-0.2, -0.15) is 5.10 Å². The predicted octanol–water partition coefficient (Wildman–Crippen LogP) is 1.12. The number of hydrogen-bond acceptors (Lipinski definition) is 4. The fourth-order valence-electron chi connectivity index (χ4n) is 2.44. The smallest absolute Gasteiger partial charge is 0.331 e. The van der Waals surface area contributed by atoms with Crippen molar-refractivity contribution in [2.75, 3.05) is 7.11 Å². The molecule has 0 spiro atoms. The number of methoxy groups -OCH3 is 1. The van der Waals surface area contributed by atoms with Crippen molar-refractivity contribution in [2.45, 2.75) is 39.8 Å². The van der Waals surface area contributed by atoms with Crippen molar-refractivity contribution < 1.29 is 19.4 Å². The first-order valence-corrected chi connectivity index (χ1v) is 6.31. The van der Waals surface area contributed by atoms with Crippen molar-refractivity contribution in [3.63, 3.8) is 0 Å². The van der Waals surface area contributed by atoms with Crippen molar-refractivity contribution in [3.05, 3.63) is 11.3 Å². The van der Waals surface area contributed by atoms with Crippen molar-refractivity contribution in [2.24, 2.45) is 7.05 Å². The molecular weight excluding hydrogens is 262 g/mol. The highest BCUT2D eigenvalue weighted by Gasteiger charge is 2.36. The van der Waals surface area contributed by atoms with Crippen molar-refractivity contribution in [1.29, 1.82) is 0 Å². The van der Waals surface area contributed by atoms with Gasteiger partial charge in [0.05, 0.1) is 18.4 Å². The number of hydrogen-bond donors (Lipinski definition) is 1. The number of aryl methyl sites for hydroxylation is 2. The fourth-order valence-corrected chi connectivity index (χ4v) is 2.44. The maximum Gasteiger partial charge on any atom is 0.331 e. The maximum absolute atomic E-state index is 11.8. The molecule has 1 unspecified atom stereocenters. The van der Waals surface area contributed by atoms with E-state index in [0.29, 0.717) is 17.1 Å². The van der Waals surface area contributed by atoms with E-state index in [9.17, 15) is 14.7 Å². The molecule has 0 aliphatic carbocycles. The fraction of sp³-hybridized carbons (Fsp3) is 0.615. The number of carboxylic acid groups (broad SMARTS) is 1. The van der Waals surface area contributed by atoms with E-state index in [-0.39, 0.29) is 11.9 Å². The second-order valence-electron chi connectivity index (χ2n) is 4.89. The molecule has 1 rings (SSSR count). The van der Waals surface area contributed by atoms with E-state index in [1.54, 1.807) is 27.8 Å². The van der Waals surface area contributed by atoms with Crippen LogP contribution >= 0.6 is 0 Å². The Labute approximate surface area is 118 Å². The molecule has 1 amide bonds. The van der Waals surface area contributed by atoms with Crippen LogP contribution in [0.1, 0.15) is 38.1 Å². The number of ether oxygens (including phenoxy) is 1. The van der Waals surface area contributed by atoms with Crippen LogP contribution in [0.2, 0.25) is 0 Å². The summed E-state index contributed by atoms with van der Waals surface area (Å²) in [7, 11) is 3.12. The summed E-state index contributed by atoms with van der Waals surface area (Å²) in [4.78, 5) is 24.8. The third-order valence-electron chi connectivity index (χ3n) is 3.11. The van der Waals surface area contributed by atoms with Crippen LogP contribution in [-0.2, 0) is 16.6 Å². The van der Waals surface area contributed by atoms with Crippen LogP contribution in [0.15, 0.2) is 0 Å². The topological polar surface area (TPSA) is 84.7 Å². The minimum atomic E-state index is -1.11. The molecule has 0 saturated heterocycles. The van der Waals surface area contributed by atoms with Gasteiger partial charge in [0.25, 0.3) is 0 Å². The molecule has 1 heterocycles. The van der Waals surface area contributed by atoms with Crippen LogP contribution in [0, 0.1) is 6.92 Å². The zero-order valence-corrected chi connectivity index (χ0v) is 12.7. The molecule has 0 aliphatic rings. The van der Waals surface area contributed by atoms with Gasteiger partial charge in [-0.1, -0.05) is 0 Å². The number of aliphatic carboxylic acids is 1. The lowest BCUT2D eigenvalue weighted by molar-refractivity contribution is -0.151. The van der Waals surface area contributed by atoms with E-state index in [1.807, 2.05) is 0 Å². The average Bonchev–Trinajstić information content (AvgIpc) is 2.58. The van der Waals surface area contributed by atoms with E-state index in [4.69, 9.17) is 4.74 Å². The average molecular weight is 283 g/mol. The molecule has 0 radical (unpaired) electrons. The van der Waals surface area contributed by atoms with Crippen LogP contribution in [0.5, 0.6) is 5.88 Å². The minimum Gasteiger partial charge on any atom is -0.481 e. The van der Waals surface area contributed by atoms with Gasteiger partial charge in [-0.15, -0.1) is 0 Å². The predicted molar refractivity (Wildman–Crippen MR) is 72.5 cm³/mol. The Morgan fingerprint density at radius 2 is 1.95 bits per heavy atom. The third-order valence-corrected chi connectivity index (χ3v) is 3.11. The molecule has 1 aromatic heterocycles. The summed E-state index contributed by atoms with van der Waals surface area (Å²) in [5, 5.41) is 13.7. The summed E-state index contributed by atoms with van der Waals surface area (Å²) in [6.07, 6.45) is 0. The summed E-state index contributed by atoms with van der Waals surface area (Å²) in [6, 6.07) is -1.37. The summed E-state index contributed by atoms with van der Waals surface area (Å²) < 4.78 is 6.71. The Morgan fingerprint density at radius 1 is 1.40 bits per heavy atom. The summed E-state index contributed by atoms with van der Waals surface area (Å²) in [5.74, 6) is -1.07. The van der Waals surface area contributed by atoms with Crippen LogP contribution < -0.4 is 4.74 Å². The minimum absolute atomic E-state index is 0.252. The third kappa shape index (κ3) is 2.76. The summed E-state index contributed by atoms with van der Waals surface area (Å²) >= 11 is 0. The van der Waals surface area contributed by atoms with E-state index in [0.717, 1.165) is 0 Å². The second-order valence-corrected chi connectivity index (χ2v) is 4.89. The number of carbonyl (C=O) groups is 2. The Kier molecular flexibility index (Phi) is 4.75. The molecular formula is C13H21N3O4. The Bertz CT molecular complexity index is 522. The first-order chi connectivity index (χ1) is 9.22. The van der Waals surface area contributed by atoms with Crippen molar-refractivity contribution >= 4 is 11.9 Å². The normalized spacial score (nSPS) is 12.3. The van der Waals surface area contributed by atoms with Crippen LogP contribution in [0.25, 0.3) is 0 Å². The Morgan fingerprint density at radius 3 is 2.30 bits per heavy atom. The van der Waals surface area contributed by atoms with Gasteiger partial charge in [-0.05, 0) is 20.8 Å². The van der Waals surface area contributed by atoms with Gasteiger partial charge in [0.1, 0.15) is 0 Å². The molecule has 0 aliphatic heterocycles. The number of carboxylic acids is 1. The molecule has 20 heavy (non-hydrogen) atoms. The van der Waals surface area contributed by atoms with Crippen LogP contribution in [0.4, 0.5) is 0 Å². The summed E-state index contributed by atoms with van der Waals surface area (Å²) in [5.41, 5.74) is 0.940. The molecule has 1 N–H and O–H groups in total. The van der Waals surface area contributed by atoms with Gasteiger partial charge in [0.15, 0.2) is 6.04 Å². The Balaban J connectivity index is 3.49. The van der Waals surface area contributed by atoms with Crippen molar-refractivity contribution in [3.8, 4) is 5.88 Å². The molecule has 112 valence electrons. The number of carbonyl (C=O) groups excluding carboxylic acids is 1. The van der Waals surface area contributed by atoms with E-state index in [2.05, 4.69) is 5.10 Å². The largest absolute Gasteiger partial charge is 0.481 e. The van der Waals surface area contributed by atoms with Gasteiger partial charge in [0, 0.05) is 20.0 Å². The van der Waals surface area contributed by atoms with E-state index >= 15 is 0 Å². The lowest BCUT2D eigenvalue weighted by atomic mass is 10.0. The molecule has 7 heteroatoms. The van der Waals surface area contributed by atoms with Crippen LogP contribution in [0.3, 0.4) is 0 Å². The first-order valence-electron chi connectivity index (χ1n) is 6.31. The van der Waals surface area contributed by atoms with Gasteiger partial charge >= 0.3 is 5.97 Å². The van der Waals surface area contributed by atoms with E-state index < -0.39 is 12.0 Å². The van der Waals surface area contributed by atoms with Crippen LogP contribution in [-0.4, -0.2) is 44.8 Å². The number of aromatic nitrogens is 2. The summed E-state index contributed by atoms with van der Waals surface area (Å²) in [6.45, 7) is 6.60. The standard InChI is InChI=1S/C13H21N3O4/c1-7(2)16(9(4)17)11(13(18)19)10-8(3)14-15(5)12(10)20-6/h7,11H,1-6H3,(H,18,19). The molecule has 0 bridgehead atoms. The SMILES string of the molecule is COc1c(C(C(=O)O)N(C(C)=O)C(C)C)c(C)nn1C. The molecule has 1 atom stereocenters. The lowest BCUT2D eigenvalue weighted by Gasteiger charge is -2.31. The molecule has 1 aromatic rings. The number of nitrogens with zero attached hydrogens (tertiary/aromatic N) is 3. The first kappa shape index (κ1) is 16.0. The van der Waals surface area contributed by atoms with Gasteiger partial charge < -0.3 is 14.7 Å². The zero-order chi connectivity index (χ0) is 15.6. The zero-order valence-electron chi connectivity index (χ0n) is 12.7. The Hall–Kier alpha value is -2.05. The van der Waals surface area contributed by atoms with Crippen molar-refractivity contribution in [1.82, 2.24) is 14.7 Å². The number of rotatable bonds is 5. The highest BCUT2D eigenvalue weighted by atomic mass is 16.5. The second kappa shape index (κ2) is 5.94. The van der Waals surface area contributed by atoms with Gasteiger partial charge in [0.2, 0.25) is 11.8 Å². The number of amides is 1. The van der Waals surface area contributed by atoms with Gasteiger partial charge in [-0.3, -0.25) is 4.79 Å². The monoisotopic (exact) mass is 283 g/mol. The maximum atomic E-state index is 11.8. The molecule has 0 aromatic carbocycles. The highest BCUT2D eigenvalue weighted by Crippen LogP contribution is 2.33. The molecule has 7 nitrogen and oxygen atoms in total. The highest BCUT2D eigenvalue weighted by molar-refractivity contribution is 5.84. The van der Waals surface area contributed by atoms with E-state index in [1.165, 1.54) is 23.6 Å².